The van der Waals surface area contributed by atoms with E-state index in [9.17, 15) is 4.79 Å². The van der Waals surface area contributed by atoms with Gasteiger partial charge in [-0.1, -0.05) is 20.3 Å². The third-order valence-corrected chi connectivity index (χ3v) is 4.86. The summed E-state index contributed by atoms with van der Waals surface area (Å²) in [6.45, 7) is 6.00. The van der Waals surface area contributed by atoms with Crippen LogP contribution in [0.4, 0.5) is 0 Å². The molecule has 2 fully saturated rings. The van der Waals surface area contributed by atoms with E-state index in [4.69, 9.17) is 9.47 Å². The predicted octanol–water partition coefficient (Wildman–Crippen LogP) is 2.90. The monoisotopic (exact) mass is 297 g/mol. The molecule has 2 aliphatic rings. The summed E-state index contributed by atoms with van der Waals surface area (Å²) in [7, 11) is 1.51. The molecule has 4 heteroatoms. The molecule has 0 saturated heterocycles. The average Bonchev–Trinajstić information content (AvgIpc) is 3.17. The zero-order chi connectivity index (χ0) is 15.3. The van der Waals surface area contributed by atoms with Gasteiger partial charge in [0.25, 0.3) is 0 Å². The van der Waals surface area contributed by atoms with Crippen LogP contribution in [0.2, 0.25) is 0 Å². The summed E-state index contributed by atoms with van der Waals surface area (Å²) in [5, 5.41) is 3.60. The lowest BCUT2D eigenvalue weighted by molar-refractivity contribution is -0.150. The second-order valence-electron chi connectivity index (χ2n) is 7.05. The van der Waals surface area contributed by atoms with Crippen LogP contribution in [0, 0.1) is 11.8 Å². The van der Waals surface area contributed by atoms with E-state index in [2.05, 4.69) is 19.2 Å². The van der Waals surface area contributed by atoms with E-state index < -0.39 is 5.54 Å². The molecule has 0 aromatic carbocycles. The smallest absolute Gasteiger partial charge is 0.326 e. The molecule has 2 rings (SSSR count). The fraction of sp³-hybridized carbons (Fsp3) is 0.941. The zero-order valence-corrected chi connectivity index (χ0v) is 13.8. The molecule has 4 nitrogen and oxygen atoms in total. The maximum atomic E-state index is 12.4. The first kappa shape index (κ1) is 16.8. The Hall–Kier alpha value is -0.610. The molecule has 0 amide bonds. The lowest BCUT2D eigenvalue weighted by Crippen LogP contribution is -2.56. The minimum absolute atomic E-state index is 0.0703. The van der Waals surface area contributed by atoms with Crippen molar-refractivity contribution < 1.29 is 14.3 Å². The Kier molecular flexibility index (Phi) is 6.06. The second-order valence-corrected chi connectivity index (χ2v) is 7.05. The van der Waals surface area contributed by atoms with Gasteiger partial charge >= 0.3 is 5.97 Å². The van der Waals surface area contributed by atoms with Gasteiger partial charge in [-0.2, -0.15) is 0 Å². The summed E-state index contributed by atoms with van der Waals surface area (Å²) in [6.07, 6.45) is 7.55. The largest absolute Gasteiger partial charge is 0.468 e. The molecule has 2 saturated carbocycles. The lowest BCUT2D eigenvalue weighted by Gasteiger charge is -2.34. The first-order chi connectivity index (χ1) is 10.1. The minimum Gasteiger partial charge on any atom is -0.468 e. The van der Waals surface area contributed by atoms with Crippen molar-refractivity contribution in [3.05, 3.63) is 0 Å². The number of hydrogen-bond donors (Lipinski definition) is 1. The lowest BCUT2D eigenvalue weighted by atomic mass is 9.84. The molecular weight excluding hydrogens is 266 g/mol. The van der Waals surface area contributed by atoms with Gasteiger partial charge in [0.05, 0.1) is 7.11 Å². The maximum absolute atomic E-state index is 12.4. The third-order valence-electron chi connectivity index (χ3n) is 4.86. The average molecular weight is 297 g/mol. The Morgan fingerprint density at radius 3 is 2.67 bits per heavy atom. The van der Waals surface area contributed by atoms with Gasteiger partial charge < -0.3 is 9.47 Å². The van der Waals surface area contributed by atoms with Gasteiger partial charge in [0.1, 0.15) is 5.54 Å². The maximum Gasteiger partial charge on any atom is 0.326 e. The molecular formula is C17H31NO3. The van der Waals surface area contributed by atoms with Crippen molar-refractivity contribution in [3.63, 3.8) is 0 Å². The van der Waals surface area contributed by atoms with Crippen LogP contribution >= 0.6 is 0 Å². The number of carbonyl (C=O) groups is 1. The Labute approximate surface area is 129 Å². The SMILES string of the molecule is COC(=O)C1(NC2CC2)CCCC1CCOCCC(C)C. The number of esters is 1. The normalized spacial score (nSPS) is 29.0. The number of nitrogens with one attached hydrogen (secondary N) is 1. The Morgan fingerprint density at radius 1 is 1.29 bits per heavy atom. The van der Waals surface area contributed by atoms with Gasteiger partial charge in [-0.15, -0.1) is 0 Å². The van der Waals surface area contributed by atoms with Crippen molar-refractivity contribution in [2.24, 2.45) is 11.8 Å². The number of methoxy groups -OCH3 is 1. The zero-order valence-electron chi connectivity index (χ0n) is 13.8. The van der Waals surface area contributed by atoms with Crippen LogP contribution in [-0.4, -0.2) is 37.9 Å². The van der Waals surface area contributed by atoms with Gasteiger partial charge in [-0.3, -0.25) is 10.1 Å². The van der Waals surface area contributed by atoms with Crippen LogP contribution in [0.25, 0.3) is 0 Å². The van der Waals surface area contributed by atoms with Crippen LogP contribution in [0.15, 0.2) is 0 Å². The molecule has 0 aliphatic heterocycles. The highest BCUT2D eigenvalue weighted by Crippen LogP contribution is 2.41. The minimum atomic E-state index is -0.447. The topological polar surface area (TPSA) is 47.6 Å². The Balaban J connectivity index is 1.85. The highest BCUT2D eigenvalue weighted by molar-refractivity contribution is 5.81. The van der Waals surface area contributed by atoms with E-state index in [1.807, 2.05) is 0 Å². The van der Waals surface area contributed by atoms with Crippen molar-refractivity contribution in [3.8, 4) is 0 Å². The Morgan fingerprint density at radius 2 is 2.05 bits per heavy atom. The number of ether oxygens (including phenoxy) is 2. The summed E-state index contributed by atoms with van der Waals surface area (Å²) in [5.41, 5.74) is -0.447. The van der Waals surface area contributed by atoms with Gasteiger partial charge in [0.15, 0.2) is 0 Å². The van der Waals surface area contributed by atoms with Crippen LogP contribution in [-0.2, 0) is 14.3 Å². The standard InChI is InChI=1S/C17H31NO3/c1-13(2)8-11-21-12-9-14-5-4-10-17(14,16(19)20-3)18-15-6-7-15/h13-15,18H,4-12H2,1-3H3. The summed E-state index contributed by atoms with van der Waals surface area (Å²) in [4.78, 5) is 12.4. The van der Waals surface area contributed by atoms with E-state index in [1.54, 1.807) is 0 Å². The fourth-order valence-electron chi connectivity index (χ4n) is 3.41. The molecule has 0 spiro atoms. The third kappa shape index (κ3) is 4.43. The van der Waals surface area contributed by atoms with Crippen LogP contribution in [0.1, 0.15) is 58.8 Å². The summed E-state index contributed by atoms with van der Waals surface area (Å²) < 4.78 is 10.9. The summed E-state index contributed by atoms with van der Waals surface area (Å²) >= 11 is 0. The van der Waals surface area contributed by atoms with Crippen LogP contribution in [0.5, 0.6) is 0 Å². The van der Waals surface area contributed by atoms with E-state index in [0.717, 1.165) is 45.3 Å². The highest BCUT2D eigenvalue weighted by atomic mass is 16.5. The van der Waals surface area contributed by atoms with Crippen LogP contribution in [0.3, 0.4) is 0 Å². The quantitative estimate of drug-likeness (QED) is 0.525. The summed E-state index contributed by atoms with van der Waals surface area (Å²) in [5.74, 6) is 0.964. The molecule has 2 atom stereocenters. The van der Waals surface area contributed by atoms with Crippen molar-refractivity contribution in [2.75, 3.05) is 20.3 Å². The predicted molar refractivity (Wildman–Crippen MR) is 83.1 cm³/mol. The number of rotatable bonds is 9. The van der Waals surface area contributed by atoms with Crippen molar-refractivity contribution >= 4 is 5.97 Å². The number of carbonyl (C=O) groups excluding carboxylic acids is 1. The van der Waals surface area contributed by atoms with E-state index >= 15 is 0 Å². The van der Waals surface area contributed by atoms with Gasteiger partial charge in [0, 0.05) is 19.3 Å². The van der Waals surface area contributed by atoms with Crippen molar-refractivity contribution in [2.45, 2.75) is 70.4 Å². The van der Waals surface area contributed by atoms with Gasteiger partial charge in [-0.25, -0.2) is 0 Å². The molecule has 2 aliphatic carbocycles. The van der Waals surface area contributed by atoms with E-state index in [0.29, 0.717) is 17.9 Å². The summed E-state index contributed by atoms with van der Waals surface area (Å²) in [6, 6.07) is 0.520. The molecule has 1 N–H and O–H groups in total. The first-order valence-corrected chi connectivity index (χ1v) is 8.52. The van der Waals surface area contributed by atoms with E-state index in [1.165, 1.54) is 20.0 Å². The van der Waals surface area contributed by atoms with Gasteiger partial charge in [-0.05, 0) is 50.4 Å². The Bertz CT molecular complexity index is 341. The molecule has 0 heterocycles. The van der Waals surface area contributed by atoms with Gasteiger partial charge in [0.2, 0.25) is 0 Å². The fourth-order valence-corrected chi connectivity index (χ4v) is 3.41. The highest BCUT2D eigenvalue weighted by Gasteiger charge is 2.51. The molecule has 122 valence electrons. The first-order valence-electron chi connectivity index (χ1n) is 8.52. The molecule has 0 bridgehead atoms. The molecule has 2 unspecified atom stereocenters. The number of hydrogen-bond acceptors (Lipinski definition) is 4. The van der Waals surface area contributed by atoms with Crippen molar-refractivity contribution in [1.29, 1.82) is 0 Å². The molecule has 0 aromatic heterocycles. The van der Waals surface area contributed by atoms with E-state index in [-0.39, 0.29) is 5.97 Å². The second kappa shape index (κ2) is 7.59. The molecule has 0 radical (unpaired) electrons. The molecule has 0 aromatic rings. The van der Waals surface area contributed by atoms with Crippen molar-refractivity contribution in [1.82, 2.24) is 5.32 Å². The van der Waals surface area contributed by atoms with Crippen LogP contribution < -0.4 is 5.32 Å². The molecule has 21 heavy (non-hydrogen) atoms.